The molecular weight excluding hydrogens is 1240 g/mol. The number of carbonyl (C=O) groups is 12. The van der Waals surface area contributed by atoms with Gasteiger partial charge in [0.15, 0.2) is 0 Å². The van der Waals surface area contributed by atoms with Crippen LogP contribution in [0.3, 0.4) is 0 Å². The second kappa shape index (κ2) is 39.1. The number of nitrogens with zero attached hydrogens (tertiary/aromatic N) is 4. The summed E-state index contributed by atoms with van der Waals surface area (Å²) in [5.41, 5.74) is 6.72. The Hall–Kier alpha value is -8.24. The maximum absolute atomic E-state index is 14.8. The van der Waals surface area contributed by atoms with Crippen molar-refractivity contribution in [2.75, 3.05) is 46.7 Å². The van der Waals surface area contributed by atoms with Gasteiger partial charge in [-0.1, -0.05) is 111 Å². The molecule has 28 heteroatoms. The van der Waals surface area contributed by atoms with E-state index in [1.54, 1.807) is 109 Å². The maximum atomic E-state index is 14.8. The highest BCUT2D eigenvalue weighted by atomic mass is 16.7. The van der Waals surface area contributed by atoms with Crippen LogP contribution < -0.4 is 37.6 Å². The van der Waals surface area contributed by atoms with Gasteiger partial charge in [0.2, 0.25) is 41.4 Å². The van der Waals surface area contributed by atoms with Crippen molar-refractivity contribution in [3.05, 3.63) is 65.7 Å². The van der Waals surface area contributed by atoms with Gasteiger partial charge in [0.25, 0.3) is 11.8 Å². The van der Waals surface area contributed by atoms with Crippen LogP contribution in [0, 0.1) is 29.6 Å². The number of likely N-dealkylation sites (tertiary alicyclic amines) is 1. The number of aliphatic hydroxyl groups excluding tert-OH is 1. The Kier molecular flexibility index (Phi) is 32.7. The average Bonchev–Trinajstić information content (AvgIpc) is 1.84. The zero-order valence-electron chi connectivity index (χ0n) is 58.3. The fourth-order valence-corrected chi connectivity index (χ4v) is 12.0. The molecule has 0 aliphatic carbocycles. The molecule has 0 spiro atoms. The van der Waals surface area contributed by atoms with Gasteiger partial charge in [-0.05, 0) is 92.4 Å². The molecule has 96 heavy (non-hydrogen) atoms. The Labute approximate surface area is 564 Å². The van der Waals surface area contributed by atoms with E-state index >= 15 is 0 Å². The van der Waals surface area contributed by atoms with Gasteiger partial charge in [-0.15, -0.1) is 5.06 Å². The molecule has 2 aromatic carbocycles. The highest BCUT2D eigenvalue weighted by Crippen LogP contribution is 2.31. The number of rotatable bonds is 38. The number of methoxy groups -OCH3 is 2. The minimum atomic E-state index is -1.16. The van der Waals surface area contributed by atoms with Crippen molar-refractivity contribution in [1.82, 2.24) is 46.3 Å². The molecule has 0 saturated carbocycles. The largest absolute Gasteiger partial charge is 0.445 e. The molecule has 0 bridgehead atoms. The molecule has 0 radical (unpaired) electrons. The van der Waals surface area contributed by atoms with Crippen LogP contribution in [0.2, 0.25) is 0 Å². The summed E-state index contributed by atoms with van der Waals surface area (Å²) >= 11 is 0. The van der Waals surface area contributed by atoms with Crippen LogP contribution in [0.4, 0.5) is 15.3 Å². The minimum absolute atomic E-state index is 0.0453. The summed E-state index contributed by atoms with van der Waals surface area (Å²) < 4.78 is 17.7. The highest BCUT2D eigenvalue weighted by molar-refractivity contribution is 6.02. The number of ether oxygens (including phenoxy) is 3. The number of likely N-dealkylation sites (N-methyl/N-ethyl adjacent to an activating group) is 2. The van der Waals surface area contributed by atoms with E-state index in [1.807, 2.05) is 32.0 Å². The third-order valence-corrected chi connectivity index (χ3v) is 17.8. The quantitative estimate of drug-likeness (QED) is 0.0332. The number of amides is 12. The van der Waals surface area contributed by atoms with Gasteiger partial charge in [-0.3, -0.25) is 48.1 Å². The van der Waals surface area contributed by atoms with Crippen molar-refractivity contribution in [3.63, 3.8) is 0 Å². The van der Waals surface area contributed by atoms with E-state index < -0.39 is 144 Å². The van der Waals surface area contributed by atoms with E-state index in [4.69, 9.17) is 24.8 Å². The van der Waals surface area contributed by atoms with Crippen LogP contribution in [0.25, 0.3) is 0 Å². The Bertz CT molecular complexity index is 2940. The van der Waals surface area contributed by atoms with E-state index in [0.717, 1.165) is 4.90 Å². The van der Waals surface area contributed by atoms with Gasteiger partial charge in [0.05, 0.1) is 48.8 Å². The molecule has 2 fully saturated rings. The standard InChI is InChI=1S/C68H105N11O17/c1-15-42(8)59(50(93-13)37-54(83)78-36-22-26-49(78)61(94-14)43(9)62(86)71-44(10)60(85)46-23-17-16-18-24-46)76(11)66(90)57(40(4)5)75-65(89)58(41(6)7)77(12)68(92)95-38-45-29-31-47(32-30-45)72-63(87)48(25-21-35-70-67(69)91)73-64(88)56(39(2)3)74-51(80)27-19-20-28-55(84)96-79-52(81)33-34-53(79)82/h16-18,23-24,29-32,39-44,48-50,56-61,85H,15,19-22,25-28,33-38H2,1-14H3,(H,71,86)(H,72,87)(H,73,88)(H,74,80)(H,75,89)(H3,69,70,91)/t42-,43+,44+,48-,49-,50+,56-,57-,58-,59-,60+,61+/m0/s1. The normalized spacial score (nSPS) is 17.4. The van der Waals surface area contributed by atoms with E-state index in [0.29, 0.717) is 47.7 Å². The second-order valence-corrected chi connectivity index (χ2v) is 26.0. The van der Waals surface area contributed by atoms with Crippen molar-refractivity contribution in [3.8, 4) is 0 Å². The van der Waals surface area contributed by atoms with Gasteiger partial charge < -0.3 is 71.6 Å². The van der Waals surface area contributed by atoms with Gasteiger partial charge in [-0.25, -0.2) is 14.4 Å². The zero-order chi connectivity index (χ0) is 71.7. The van der Waals surface area contributed by atoms with Crippen molar-refractivity contribution < 1.29 is 81.7 Å². The van der Waals surface area contributed by atoms with Gasteiger partial charge in [-0.2, -0.15) is 0 Å². The molecule has 2 aliphatic heterocycles. The fourth-order valence-electron chi connectivity index (χ4n) is 12.0. The predicted octanol–water partition coefficient (Wildman–Crippen LogP) is 4.76. The maximum Gasteiger partial charge on any atom is 0.410 e. The fraction of sp³-hybridized carbons (Fsp3) is 0.647. The minimum Gasteiger partial charge on any atom is -0.445 e. The zero-order valence-corrected chi connectivity index (χ0v) is 58.3. The number of unbranched alkanes of at least 4 members (excludes halogenated alkanes) is 1. The lowest BCUT2D eigenvalue weighted by Crippen LogP contribution is -2.60. The summed E-state index contributed by atoms with van der Waals surface area (Å²) in [6, 6.07) is 8.47. The lowest BCUT2D eigenvalue weighted by molar-refractivity contribution is -0.197. The number of anilines is 1. The first-order chi connectivity index (χ1) is 45.4. The van der Waals surface area contributed by atoms with Crippen molar-refractivity contribution in [1.29, 1.82) is 0 Å². The van der Waals surface area contributed by atoms with Crippen LogP contribution in [-0.4, -0.2) is 192 Å². The molecule has 2 aliphatic rings. The van der Waals surface area contributed by atoms with Gasteiger partial charge in [0.1, 0.15) is 30.8 Å². The van der Waals surface area contributed by atoms with Crippen molar-refractivity contribution in [2.24, 2.45) is 35.3 Å². The van der Waals surface area contributed by atoms with Crippen LogP contribution in [0.15, 0.2) is 54.6 Å². The summed E-state index contributed by atoms with van der Waals surface area (Å²) in [5, 5.41) is 27.9. The number of primary amides is 1. The molecule has 2 aromatic rings. The van der Waals surface area contributed by atoms with E-state index in [1.165, 1.54) is 21.3 Å². The van der Waals surface area contributed by atoms with Crippen LogP contribution in [0.1, 0.15) is 164 Å². The van der Waals surface area contributed by atoms with E-state index in [9.17, 15) is 62.6 Å². The first-order valence-corrected chi connectivity index (χ1v) is 33.3. The first-order valence-electron chi connectivity index (χ1n) is 33.3. The Balaban J connectivity index is 1.37. The number of imide groups is 1. The topological polar surface area (TPSA) is 373 Å². The van der Waals surface area contributed by atoms with Crippen molar-refractivity contribution >= 4 is 76.9 Å². The lowest BCUT2D eigenvalue weighted by atomic mass is 9.89. The van der Waals surface area contributed by atoms with Crippen LogP contribution >= 0.6 is 0 Å². The molecule has 0 aromatic heterocycles. The SMILES string of the molecule is CC[C@H](C)[C@@H]([C@@H](CC(=O)N1CCC[C@H]1[C@H](OC)[C@@H](C)C(=O)N[C@H](C)[C@@H](O)c1ccccc1)OC)N(C)C(=O)[C@@H](NC(=O)[C@H](C(C)C)N(C)C(=O)OCc1ccc(NC(=O)[C@H](CCCNC(N)=O)NC(=O)[C@@H](NC(=O)CCCCC(=O)ON2C(=O)CCC2=O)C(C)C)cc1)C(C)C. The van der Waals surface area contributed by atoms with Crippen molar-refractivity contribution in [2.45, 2.75) is 213 Å². The molecule has 2 heterocycles. The monoisotopic (exact) mass is 1350 g/mol. The Morgan fingerprint density at radius 2 is 1.33 bits per heavy atom. The number of urea groups is 1. The van der Waals surface area contributed by atoms with Gasteiger partial charge >= 0.3 is 18.1 Å². The molecule has 12 amide bonds. The molecule has 0 unspecified atom stereocenters. The first kappa shape index (κ1) is 80.2. The molecule has 28 nitrogen and oxygen atoms in total. The number of hydrogen-bond donors (Lipinski definition) is 8. The second-order valence-electron chi connectivity index (χ2n) is 26.0. The van der Waals surface area contributed by atoms with Crippen LogP contribution in [0.5, 0.6) is 0 Å². The molecule has 2 saturated heterocycles. The average molecular weight is 1350 g/mol. The van der Waals surface area contributed by atoms with Crippen LogP contribution in [-0.2, 0) is 73.6 Å². The third-order valence-electron chi connectivity index (χ3n) is 17.8. The summed E-state index contributed by atoms with van der Waals surface area (Å²) in [4.78, 5) is 168. The Morgan fingerprint density at radius 1 is 0.708 bits per heavy atom. The predicted molar refractivity (Wildman–Crippen MR) is 355 cm³/mol. The molecule has 534 valence electrons. The number of aliphatic hydroxyl groups is 1. The molecule has 12 atom stereocenters. The summed E-state index contributed by atoms with van der Waals surface area (Å²) in [7, 11) is 6.05. The van der Waals surface area contributed by atoms with E-state index in [-0.39, 0.29) is 88.7 Å². The number of hydroxylamine groups is 2. The number of nitrogens with two attached hydrogens (primary N) is 1. The lowest BCUT2D eigenvalue weighted by Gasteiger charge is -2.41. The summed E-state index contributed by atoms with van der Waals surface area (Å²) in [6.07, 6.45) is -1.11. The third kappa shape index (κ3) is 23.5. The molecular formula is C68H105N11O17. The smallest absolute Gasteiger partial charge is 0.410 e. The highest BCUT2D eigenvalue weighted by Gasteiger charge is 2.44. The van der Waals surface area contributed by atoms with Gasteiger partial charge in [0, 0.05) is 72.8 Å². The number of hydrogen-bond acceptors (Lipinski definition) is 17. The summed E-state index contributed by atoms with van der Waals surface area (Å²) in [5.74, 6) is -7.61. The summed E-state index contributed by atoms with van der Waals surface area (Å²) in [6.45, 7) is 18.2. The number of nitrogens with one attached hydrogen (secondary N) is 6. The molecule has 4 rings (SSSR count). The number of benzene rings is 2. The number of carbonyl (C=O) groups excluding carboxylic acids is 12. The molecule has 9 N–H and O–H groups in total. The Morgan fingerprint density at radius 3 is 1.91 bits per heavy atom. The van der Waals surface area contributed by atoms with E-state index in [2.05, 4.69) is 31.9 Å².